The molecule has 4 nitrogen and oxygen atoms in total. The summed E-state index contributed by atoms with van der Waals surface area (Å²) in [5.74, 6) is 0.378. The predicted molar refractivity (Wildman–Crippen MR) is 65.5 cm³/mol. The van der Waals surface area contributed by atoms with Crippen molar-refractivity contribution in [2.24, 2.45) is 0 Å². The van der Waals surface area contributed by atoms with Gasteiger partial charge in [-0.1, -0.05) is 24.3 Å². The van der Waals surface area contributed by atoms with Crippen LogP contribution in [0.25, 0.3) is 0 Å². The summed E-state index contributed by atoms with van der Waals surface area (Å²) in [7, 11) is 0. The SMILES string of the molecule is N#Cc1nccnc1NCc1ccc(C(F)F)cc1. The lowest BCUT2D eigenvalue weighted by atomic mass is 10.1. The Morgan fingerprint density at radius 3 is 2.47 bits per heavy atom. The first kappa shape index (κ1) is 12.9. The summed E-state index contributed by atoms with van der Waals surface area (Å²) in [4.78, 5) is 7.86. The molecule has 2 rings (SSSR count). The molecule has 96 valence electrons. The summed E-state index contributed by atoms with van der Waals surface area (Å²) >= 11 is 0. The average Bonchev–Trinajstić information content (AvgIpc) is 2.45. The molecule has 0 bridgehead atoms. The fourth-order valence-electron chi connectivity index (χ4n) is 1.52. The van der Waals surface area contributed by atoms with E-state index in [4.69, 9.17) is 5.26 Å². The number of rotatable bonds is 4. The Kier molecular flexibility index (Phi) is 3.98. The summed E-state index contributed by atoms with van der Waals surface area (Å²) in [6.45, 7) is 0.386. The van der Waals surface area contributed by atoms with E-state index in [2.05, 4.69) is 15.3 Å². The van der Waals surface area contributed by atoms with Crippen LogP contribution < -0.4 is 5.32 Å². The molecule has 0 radical (unpaired) electrons. The molecule has 0 atom stereocenters. The van der Waals surface area contributed by atoms with Gasteiger partial charge in [-0.15, -0.1) is 0 Å². The molecule has 0 fully saturated rings. The molecule has 0 unspecified atom stereocenters. The smallest absolute Gasteiger partial charge is 0.263 e. The van der Waals surface area contributed by atoms with E-state index in [9.17, 15) is 8.78 Å². The quantitative estimate of drug-likeness (QED) is 0.918. The number of hydrogen-bond donors (Lipinski definition) is 1. The van der Waals surface area contributed by atoms with E-state index in [1.807, 2.05) is 6.07 Å². The van der Waals surface area contributed by atoms with Crippen LogP contribution in [-0.2, 0) is 6.54 Å². The number of anilines is 1. The van der Waals surface area contributed by atoms with E-state index < -0.39 is 6.43 Å². The number of benzene rings is 1. The number of halogens is 2. The number of nitriles is 1. The summed E-state index contributed by atoms with van der Waals surface area (Å²) in [6, 6.07) is 7.89. The highest BCUT2D eigenvalue weighted by Gasteiger charge is 2.06. The van der Waals surface area contributed by atoms with Crippen LogP contribution in [0.1, 0.15) is 23.2 Å². The standard InChI is InChI=1S/C13H10F2N4/c14-12(15)10-3-1-9(2-4-10)8-19-13-11(7-16)17-5-6-18-13/h1-6,12H,8H2,(H,18,19). The van der Waals surface area contributed by atoms with Crippen LogP contribution >= 0.6 is 0 Å². The zero-order valence-corrected chi connectivity index (χ0v) is 9.85. The van der Waals surface area contributed by atoms with Crippen LogP contribution in [0.4, 0.5) is 14.6 Å². The lowest BCUT2D eigenvalue weighted by Crippen LogP contribution is -2.04. The molecule has 0 aliphatic rings. The van der Waals surface area contributed by atoms with Crippen molar-refractivity contribution in [1.29, 1.82) is 5.26 Å². The van der Waals surface area contributed by atoms with Crippen LogP contribution in [0.2, 0.25) is 0 Å². The second kappa shape index (κ2) is 5.87. The fourth-order valence-corrected chi connectivity index (χ4v) is 1.52. The first-order valence-corrected chi connectivity index (χ1v) is 5.52. The van der Waals surface area contributed by atoms with Crippen molar-refractivity contribution < 1.29 is 8.78 Å². The monoisotopic (exact) mass is 260 g/mol. The van der Waals surface area contributed by atoms with Gasteiger partial charge in [-0.2, -0.15) is 5.26 Å². The van der Waals surface area contributed by atoms with Crippen molar-refractivity contribution in [2.45, 2.75) is 13.0 Å². The molecular weight excluding hydrogens is 250 g/mol. The van der Waals surface area contributed by atoms with Crippen LogP contribution in [0.15, 0.2) is 36.7 Å². The summed E-state index contributed by atoms with van der Waals surface area (Å²) < 4.78 is 24.8. The fraction of sp³-hybridized carbons (Fsp3) is 0.154. The third-order valence-electron chi connectivity index (χ3n) is 2.50. The van der Waals surface area contributed by atoms with Crippen molar-refractivity contribution in [3.8, 4) is 6.07 Å². The van der Waals surface area contributed by atoms with E-state index in [-0.39, 0.29) is 11.3 Å². The lowest BCUT2D eigenvalue weighted by molar-refractivity contribution is 0.151. The van der Waals surface area contributed by atoms with Gasteiger partial charge in [-0.05, 0) is 5.56 Å². The molecular formula is C13H10F2N4. The van der Waals surface area contributed by atoms with E-state index in [0.717, 1.165) is 5.56 Å². The zero-order chi connectivity index (χ0) is 13.7. The van der Waals surface area contributed by atoms with E-state index >= 15 is 0 Å². The first-order valence-electron chi connectivity index (χ1n) is 5.52. The molecule has 1 aromatic heterocycles. The van der Waals surface area contributed by atoms with Gasteiger partial charge in [0.25, 0.3) is 6.43 Å². The van der Waals surface area contributed by atoms with Gasteiger partial charge >= 0.3 is 0 Å². The normalized spacial score (nSPS) is 10.2. The Bertz CT molecular complexity index is 590. The van der Waals surface area contributed by atoms with Crippen molar-refractivity contribution >= 4 is 5.82 Å². The van der Waals surface area contributed by atoms with Gasteiger partial charge < -0.3 is 5.32 Å². The minimum absolute atomic E-state index is 0.0130. The maximum atomic E-state index is 12.4. The third kappa shape index (κ3) is 3.22. The third-order valence-corrected chi connectivity index (χ3v) is 2.50. The molecule has 0 amide bonds. The van der Waals surface area contributed by atoms with Crippen LogP contribution in [0, 0.1) is 11.3 Å². The van der Waals surface area contributed by atoms with Gasteiger partial charge in [0.15, 0.2) is 11.5 Å². The predicted octanol–water partition coefficient (Wildman–Crippen LogP) is 2.90. The Morgan fingerprint density at radius 2 is 1.84 bits per heavy atom. The van der Waals surface area contributed by atoms with Crippen molar-refractivity contribution in [2.75, 3.05) is 5.32 Å². The molecule has 1 N–H and O–H groups in total. The molecule has 0 spiro atoms. The number of nitrogens with one attached hydrogen (secondary N) is 1. The molecule has 1 heterocycles. The van der Waals surface area contributed by atoms with Crippen molar-refractivity contribution in [3.05, 3.63) is 53.5 Å². The molecule has 6 heteroatoms. The molecule has 1 aromatic carbocycles. The van der Waals surface area contributed by atoms with Gasteiger partial charge in [-0.25, -0.2) is 18.7 Å². The number of nitrogens with zero attached hydrogens (tertiary/aromatic N) is 3. The van der Waals surface area contributed by atoms with E-state index in [1.165, 1.54) is 24.5 Å². The molecule has 0 aliphatic carbocycles. The van der Waals surface area contributed by atoms with Crippen molar-refractivity contribution in [3.63, 3.8) is 0 Å². The summed E-state index contributed by atoms with van der Waals surface area (Å²) in [6.07, 6.45) is 0.441. The Balaban J connectivity index is 2.04. The molecule has 0 saturated carbocycles. The first-order chi connectivity index (χ1) is 9.20. The Hall–Kier alpha value is -2.55. The maximum absolute atomic E-state index is 12.4. The minimum Gasteiger partial charge on any atom is -0.364 e. The Morgan fingerprint density at radius 1 is 1.16 bits per heavy atom. The molecule has 0 saturated heterocycles. The van der Waals surface area contributed by atoms with Crippen LogP contribution in [-0.4, -0.2) is 9.97 Å². The van der Waals surface area contributed by atoms with Crippen LogP contribution in [0.3, 0.4) is 0 Å². The van der Waals surface area contributed by atoms with Crippen LogP contribution in [0.5, 0.6) is 0 Å². The average molecular weight is 260 g/mol. The maximum Gasteiger partial charge on any atom is 0.263 e. The Labute approximate surface area is 108 Å². The topological polar surface area (TPSA) is 61.6 Å². The summed E-state index contributed by atoms with van der Waals surface area (Å²) in [5.41, 5.74) is 1.01. The number of aromatic nitrogens is 2. The number of alkyl halides is 2. The lowest BCUT2D eigenvalue weighted by Gasteiger charge is -2.07. The highest BCUT2D eigenvalue weighted by Crippen LogP contribution is 2.19. The van der Waals surface area contributed by atoms with E-state index in [0.29, 0.717) is 12.4 Å². The second-order valence-electron chi connectivity index (χ2n) is 3.76. The molecule has 2 aromatic rings. The van der Waals surface area contributed by atoms with E-state index in [1.54, 1.807) is 12.1 Å². The number of hydrogen-bond acceptors (Lipinski definition) is 4. The van der Waals surface area contributed by atoms with Gasteiger partial charge in [-0.3, -0.25) is 0 Å². The second-order valence-corrected chi connectivity index (χ2v) is 3.76. The highest BCUT2D eigenvalue weighted by atomic mass is 19.3. The highest BCUT2D eigenvalue weighted by molar-refractivity contribution is 5.47. The van der Waals surface area contributed by atoms with Gasteiger partial charge in [0.05, 0.1) is 0 Å². The zero-order valence-electron chi connectivity index (χ0n) is 9.85. The minimum atomic E-state index is -2.47. The molecule has 19 heavy (non-hydrogen) atoms. The summed E-state index contributed by atoms with van der Waals surface area (Å²) in [5, 5.41) is 11.8. The molecule has 0 aliphatic heterocycles. The largest absolute Gasteiger partial charge is 0.364 e. The van der Waals surface area contributed by atoms with Gasteiger partial charge in [0, 0.05) is 24.5 Å². The van der Waals surface area contributed by atoms with Gasteiger partial charge in [0.1, 0.15) is 6.07 Å². The van der Waals surface area contributed by atoms with Gasteiger partial charge in [0.2, 0.25) is 0 Å². The van der Waals surface area contributed by atoms with Crippen molar-refractivity contribution in [1.82, 2.24) is 9.97 Å².